The average molecular weight is 300 g/mol. The van der Waals surface area contributed by atoms with E-state index in [0.29, 0.717) is 11.4 Å². The largest absolute Gasteiger partial charge is 0.385 e. The van der Waals surface area contributed by atoms with Crippen molar-refractivity contribution in [3.63, 3.8) is 0 Å². The molecule has 0 aromatic heterocycles. The van der Waals surface area contributed by atoms with Gasteiger partial charge in [-0.25, -0.2) is 13.1 Å². The van der Waals surface area contributed by atoms with Crippen LogP contribution in [0.4, 0.5) is 5.69 Å². The lowest BCUT2D eigenvalue weighted by Crippen LogP contribution is -2.24. The molecule has 1 rings (SSSR count). The third-order valence-corrected chi connectivity index (χ3v) is 4.34. The Morgan fingerprint density at radius 3 is 2.40 bits per heavy atom. The minimum Gasteiger partial charge on any atom is -0.385 e. The second-order valence-corrected chi connectivity index (χ2v) is 6.27. The predicted octanol–water partition coefficient (Wildman–Crippen LogP) is 2.21. The van der Waals surface area contributed by atoms with Gasteiger partial charge in [-0.1, -0.05) is 0 Å². The smallest absolute Gasteiger partial charge is 0.240 e. The van der Waals surface area contributed by atoms with Crippen molar-refractivity contribution in [2.75, 3.05) is 32.1 Å². The van der Waals surface area contributed by atoms with Crippen LogP contribution in [0.1, 0.15) is 26.2 Å². The summed E-state index contributed by atoms with van der Waals surface area (Å²) in [4.78, 5) is 0.302. The number of ether oxygens (including phenoxy) is 1. The molecule has 0 unspecified atom stereocenters. The second kappa shape index (κ2) is 8.94. The molecular formula is C14H24N2O3S. The van der Waals surface area contributed by atoms with E-state index in [9.17, 15) is 8.42 Å². The van der Waals surface area contributed by atoms with Gasteiger partial charge in [-0.15, -0.1) is 0 Å². The van der Waals surface area contributed by atoms with Gasteiger partial charge >= 0.3 is 0 Å². The van der Waals surface area contributed by atoms with E-state index in [4.69, 9.17) is 4.74 Å². The maximum atomic E-state index is 12.0. The number of unbranched alkanes of at least 4 members (excludes halogenated alkanes) is 2. The normalized spacial score (nSPS) is 11.5. The van der Waals surface area contributed by atoms with Crippen LogP contribution in [0.15, 0.2) is 29.2 Å². The molecule has 0 saturated carbocycles. The summed E-state index contributed by atoms with van der Waals surface area (Å²) in [6.07, 6.45) is 2.73. The molecule has 20 heavy (non-hydrogen) atoms. The first kappa shape index (κ1) is 16.9. The lowest BCUT2D eigenvalue weighted by atomic mass is 10.2. The lowest BCUT2D eigenvalue weighted by molar-refractivity contribution is 0.192. The highest BCUT2D eigenvalue weighted by Crippen LogP contribution is 2.13. The Bertz CT molecular complexity index is 472. The fourth-order valence-corrected chi connectivity index (χ4v) is 2.87. The highest BCUT2D eigenvalue weighted by molar-refractivity contribution is 7.89. The molecule has 0 bridgehead atoms. The summed E-state index contributed by atoms with van der Waals surface area (Å²) in [5.41, 5.74) is 0.922. The third kappa shape index (κ3) is 5.90. The van der Waals surface area contributed by atoms with Crippen LogP contribution in [0.5, 0.6) is 0 Å². The molecule has 1 aromatic rings. The van der Waals surface area contributed by atoms with Crippen LogP contribution in [-0.4, -0.2) is 35.2 Å². The molecule has 0 aliphatic heterocycles. The quantitative estimate of drug-likeness (QED) is 0.650. The highest BCUT2D eigenvalue weighted by Gasteiger charge is 2.12. The molecule has 0 saturated heterocycles. The number of benzene rings is 1. The zero-order valence-corrected chi connectivity index (χ0v) is 13.0. The fourth-order valence-electron chi connectivity index (χ4n) is 1.79. The van der Waals surface area contributed by atoms with Crippen LogP contribution >= 0.6 is 0 Å². The number of rotatable bonds is 10. The molecule has 0 amide bonds. The van der Waals surface area contributed by atoms with Crippen LogP contribution in [0, 0.1) is 0 Å². The van der Waals surface area contributed by atoms with Crippen molar-refractivity contribution < 1.29 is 13.2 Å². The van der Waals surface area contributed by atoms with E-state index in [2.05, 4.69) is 10.0 Å². The summed E-state index contributed by atoms with van der Waals surface area (Å²) in [5.74, 6) is 0. The van der Waals surface area contributed by atoms with Gasteiger partial charge in [-0.3, -0.25) is 0 Å². The predicted molar refractivity (Wildman–Crippen MR) is 81.5 cm³/mol. The van der Waals surface area contributed by atoms with Gasteiger partial charge in [0.1, 0.15) is 0 Å². The molecule has 0 heterocycles. The van der Waals surface area contributed by atoms with E-state index in [1.54, 1.807) is 31.4 Å². The van der Waals surface area contributed by atoms with Crippen LogP contribution in [0.2, 0.25) is 0 Å². The summed E-state index contributed by atoms with van der Waals surface area (Å²) in [7, 11) is -1.73. The summed E-state index contributed by atoms with van der Waals surface area (Å²) < 4.78 is 31.6. The second-order valence-electron chi connectivity index (χ2n) is 4.51. The molecule has 0 spiro atoms. The minimum atomic E-state index is -3.39. The fraction of sp³-hybridized carbons (Fsp3) is 0.571. The van der Waals surface area contributed by atoms with Gasteiger partial charge < -0.3 is 10.1 Å². The topological polar surface area (TPSA) is 67.4 Å². The molecule has 1 aromatic carbocycles. The van der Waals surface area contributed by atoms with Crippen LogP contribution in [-0.2, 0) is 14.8 Å². The summed E-state index contributed by atoms with van der Waals surface area (Å²) in [6.45, 7) is 3.99. The van der Waals surface area contributed by atoms with Gasteiger partial charge in [0.05, 0.1) is 4.90 Å². The van der Waals surface area contributed by atoms with Crippen molar-refractivity contribution in [1.29, 1.82) is 0 Å². The van der Waals surface area contributed by atoms with Gasteiger partial charge in [-0.2, -0.15) is 0 Å². The van der Waals surface area contributed by atoms with Crippen molar-refractivity contribution in [3.05, 3.63) is 24.3 Å². The van der Waals surface area contributed by atoms with Crippen molar-refractivity contribution in [2.24, 2.45) is 0 Å². The van der Waals surface area contributed by atoms with Gasteiger partial charge in [0.2, 0.25) is 10.0 Å². The number of anilines is 1. The Kier molecular flexibility index (Phi) is 7.58. The molecule has 0 atom stereocenters. The van der Waals surface area contributed by atoms with Crippen LogP contribution in [0.25, 0.3) is 0 Å². The number of methoxy groups -OCH3 is 1. The number of hydrogen-bond donors (Lipinski definition) is 2. The van der Waals surface area contributed by atoms with Gasteiger partial charge in [0, 0.05) is 32.5 Å². The molecule has 6 heteroatoms. The third-order valence-electron chi connectivity index (χ3n) is 2.86. The Labute approximate surface area is 121 Å². The summed E-state index contributed by atoms with van der Waals surface area (Å²) in [6, 6.07) is 6.78. The Morgan fingerprint density at radius 2 is 1.80 bits per heavy atom. The van der Waals surface area contributed by atoms with Gasteiger partial charge in [0.25, 0.3) is 0 Å². The molecule has 0 radical (unpaired) electrons. The minimum absolute atomic E-state index is 0.302. The van der Waals surface area contributed by atoms with Gasteiger partial charge in [-0.05, 0) is 50.5 Å². The van der Waals surface area contributed by atoms with Crippen molar-refractivity contribution in [1.82, 2.24) is 4.72 Å². The van der Waals surface area contributed by atoms with Crippen molar-refractivity contribution in [3.8, 4) is 0 Å². The standard InChI is InChI=1S/C14H24N2O3S/c1-3-15-13-7-9-14(10-8-13)20(17,18)16-11-5-4-6-12-19-2/h7-10,15-16H,3-6,11-12H2,1-2H3. The maximum Gasteiger partial charge on any atom is 0.240 e. The summed E-state index contributed by atoms with van der Waals surface area (Å²) >= 11 is 0. The van der Waals surface area contributed by atoms with Crippen molar-refractivity contribution >= 4 is 15.7 Å². The Morgan fingerprint density at radius 1 is 1.10 bits per heavy atom. The average Bonchev–Trinajstić information content (AvgIpc) is 2.44. The monoisotopic (exact) mass is 300 g/mol. The zero-order chi connectivity index (χ0) is 14.8. The van der Waals surface area contributed by atoms with Crippen LogP contribution in [0.3, 0.4) is 0 Å². The van der Waals surface area contributed by atoms with Crippen molar-refractivity contribution in [2.45, 2.75) is 31.1 Å². The van der Waals surface area contributed by atoms with Gasteiger partial charge in [0.15, 0.2) is 0 Å². The van der Waals surface area contributed by atoms with E-state index in [0.717, 1.165) is 38.1 Å². The molecule has 0 aliphatic carbocycles. The number of sulfonamides is 1. The number of nitrogens with one attached hydrogen (secondary N) is 2. The Hall–Kier alpha value is -1.11. The first-order valence-corrected chi connectivity index (χ1v) is 8.41. The molecule has 5 nitrogen and oxygen atoms in total. The lowest BCUT2D eigenvalue weighted by Gasteiger charge is -2.08. The van der Waals surface area contributed by atoms with E-state index < -0.39 is 10.0 Å². The first-order valence-electron chi connectivity index (χ1n) is 6.92. The van der Waals surface area contributed by atoms with E-state index in [-0.39, 0.29) is 0 Å². The molecule has 2 N–H and O–H groups in total. The highest BCUT2D eigenvalue weighted by atomic mass is 32.2. The maximum absolute atomic E-state index is 12.0. The molecule has 0 aliphatic rings. The first-order chi connectivity index (χ1) is 9.60. The number of hydrogen-bond acceptors (Lipinski definition) is 4. The van der Waals surface area contributed by atoms with Crippen LogP contribution < -0.4 is 10.0 Å². The van der Waals surface area contributed by atoms with E-state index in [1.807, 2.05) is 6.92 Å². The molecule has 114 valence electrons. The van der Waals surface area contributed by atoms with E-state index >= 15 is 0 Å². The molecule has 0 fully saturated rings. The van der Waals surface area contributed by atoms with E-state index in [1.165, 1.54) is 0 Å². The summed E-state index contributed by atoms with van der Waals surface area (Å²) in [5, 5.41) is 3.13. The molecular weight excluding hydrogens is 276 g/mol. The zero-order valence-electron chi connectivity index (χ0n) is 12.2. The SMILES string of the molecule is CCNc1ccc(S(=O)(=O)NCCCCCOC)cc1. The Balaban J connectivity index is 2.43.